The quantitative estimate of drug-likeness (QED) is 0.243. The number of carbonyl (C=O) groups excluding carboxylic acids is 2. The van der Waals surface area contributed by atoms with Crippen LogP contribution in [0.3, 0.4) is 0 Å². The second-order valence-electron chi connectivity index (χ2n) is 7.61. The summed E-state index contributed by atoms with van der Waals surface area (Å²) in [6.45, 7) is 2.49. The van der Waals surface area contributed by atoms with E-state index in [1.165, 1.54) is 0 Å². The number of benzene rings is 3. The number of nitriles is 1. The molecule has 7 nitrogen and oxygen atoms in total. The molecule has 0 bridgehead atoms. The Kier molecular flexibility index (Phi) is 8.87. The molecule has 37 heavy (non-hydrogen) atoms. The largest absolute Gasteiger partial charge is 0.490 e. The van der Waals surface area contributed by atoms with Gasteiger partial charge in [0.1, 0.15) is 6.61 Å². The third-order valence-corrected chi connectivity index (χ3v) is 7.05. The number of nitrogens with one attached hydrogen (secondary N) is 1. The number of aliphatic imine (C=N–C) groups is 1. The highest BCUT2D eigenvalue weighted by Gasteiger charge is 2.25. The number of amidine groups is 1. The van der Waals surface area contributed by atoms with E-state index in [-0.39, 0.29) is 17.7 Å². The zero-order valence-electron chi connectivity index (χ0n) is 19.5. The highest BCUT2D eigenvalue weighted by Crippen LogP contribution is 2.37. The minimum atomic E-state index is -0.478. The fraction of sp³-hybridized carbons (Fsp3) is 0.111. The molecule has 1 heterocycles. The predicted molar refractivity (Wildman–Crippen MR) is 153 cm³/mol. The first kappa shape index (κ1) is 26.7. The van der Waals surface area contributed by atoms with Crippen LogP contribution in [0.4, 0.5) is 0 Å². The summed E-state index contributed by atoms with van der Waals surface area (Å²) in [6, 6.07) is 19.4. The molecule has 1 fully saturated rings. The van der Waals surface area contributed by atoms with Gasteiger partial charge in [0.2, 0.25) is 0 Å². The molecule has 0 aliphatic carbocycles. The number of rotatable bonds is 7. The van der Waals surface area contributed by atoms with Gasteiger partial charge in [0.25, 0.3) is 11.8 Å². The van der Waals surface area contributed by atoms with E-state index in [2.05, 4.69) is 39.0 Å². The van der Waals surface area contributed by atoms with Crippen LogP contribution in [0, 0.1) is 14.9 Å². The molecule has 3 aromatic rings. The highest BCUT2D eigenvalue weighted by atomic mass is 127. The molecule has 1 aliphatic rings. The smallest absolute Gasteiger partial charge is 0.279 e. The summed E-state index contributed by atoms with van der Waals surface area (Å²) >= 11 is 9.09. The molecule has 0 spiro atoms. The van der Waals surface area contributed by atoms with Crippen LogP contribution >= 0.6 is 46.0 Å². The Morgan fingerprint density at radius 3 is 2.68 bits per heavy atom. The first-order valence-corrected chi connectivity index (χ1v) is 13.3. The van der Waals surface area contributed by atoms with Gasteiger partial charge in [-0.05, 0) is 95.4 Å². The lowest BCUT2D eigenvalue weighted by Crippen LogP contribution is -2.20. The number of ether oxygens (including phenoxy) is 2. The van der Waals surface area contributed by atoms with Gasteiger partial charge in [0.15, 0.2) is 16.7 Å². The minimum Gasteiger partial charge on any atom is -0.490 e. The third kappa shape index (κ3) is 6.71. The maximum atomic E-state index is 12.5. The van der Waals surface area contributed by atoms with E-state index in [9.17, 15) is 14.9 Å². The number of amides is 2. The van der Waals surface area contributed by atoms with Crippen molar-refractivity contribution in [3.05, 3.63) is 96.4 Å². The zero-order valence-corrected chi connectivity index (χ0v) is 23.2. The lowest BCUT2D eigenvalue weighted by atomic mass is 10.1. The summed E-state index contributed by atoms with van der Waals surface area (Å²) in [6.07, 6.45) is 1.70. The van der Waals surface area contributed by atoms with Gasteiger partial charge in [-0.1, -0.05) is 29.8 Å². The molecule has 0 atom stereocenters. The van der Waals surface area contributed by atoms with Gasteiger partial charge < -0.3 is 14.8 Å². The lowest BCUT2D eigenvalue weighted by molar-refractivity contribution is -0.115. The summed E-state index contributed by atoms with van der Waals surface area (Å²) < 4.78 is 12.6. The highest BCUT2D eigenvalue weighted by molar-refractivity contribution is 14.1. The topological polar surface area (TPSA) is 101 Å². The SMILES string of the molecule is CCOc1cc(/C=C2\SC(=NC(=O)c3ccc(Cl)cc3)NC2=O)cc(I)c1OCc1ccccc1C#N. The van der Waals surface area contributed by atoms with Crippen molar-refractivity contribution in [2.24, 2.45) is 4.99 Å². The first-order chi connectivity index (χ1) is 17.9. The van der Waals surface area contributed by atoms with Crippen LogP contribution in [-0.2, 0) is 11.4 Å². The molecule has 1 N–H and O–H groups in total. The van der Waals surface area contributed by atoms with E-state index < -0.39 is 5.91 Å². The molecular formula is C27H19ClIN3O4S. The number of thioether (sulfide) groups is 1. The van der Waals surface area contributed by atoms with Crippen molar-refractivity contribution in [3.8, 4) is 17.6 Å². The van der Waals surface area contributed by atoms with Gasteiger partial charge in [-0.3, -0.25) is 9.59 Å². The van der Waals surface area contributed by atoms with Crippen molar-refractivity contribution in [1.29, 1.82) is 5.26 Å². The second-order valence-corrected chi connectivity index (χ2v) is 10.2. The molecule has 2 amide bonds. The molecule has 10 heteroatoms. The second kappa shape index (κ2) is 12.3. The van der Waals surface area contributed by atoms with Gasteiger partial charge in [0, 0.05) is 16.1 Å². The molecular weight excluding hydrogens is 625 g/mol. The zero-order chi connectivity index (χ0) is 26.4. The first-order valence-electron chi connectivity index (χ1n) is 11.0. The van der Waals surface area contributed by atoms with Crippen molar-refractivity contribution in [1.82, 2.24) is 5.32 Å². The van der Waals surface area contributed by atoms with E-state index in [4.69, 9.17) is 21.1 Å². The van der Waals surface area contributed by atoms with Crippen LogP contribution in [0.25, 0.3) is 6.08 Å². The average Bonchev–Trinajstić information content (AvgIpc) is 3.22. The van der Waals surface area contributed by atoms with Crippen molar-refractivity contribution in [3.63, 3.8) is 0 Å². The van der Waals surface area contributed by atoms with E-state index in [0.717, 1.165) is 26.5 Å². The number of nitrogens with zero attached hydrogens (tertiary/aromatic N) is 2. The van der Waals surface area contributed by atoms with E-state index in [0.29, 0.717) is 39.2 Å². The van der Waals surface area contributed by atoms with Crippen molar-refractivity contribution in [2.45, 2.75) is 13.5 Å². The molecule has 0 radical (unpaired) electrons. The summed E-state index contributed by atoms with van der Waals surface area (Å²) in [5, 5.41) is 12.7. The Bertz CT molecular complexity index is 1470. The van der Waals surface area contributed by atoms with Crippen LogP contribution in [0.15, 0.2) is 70.6 Å². The maximum Gasteiger partial charge on any atom is 0.279 e. The van der Waals surface area contributed by atoms with E-state index in [1.54, 1.807) is 48.5 Å². The van der Waals surface area contributed by atoms with Gasteiger partial charge in [0.05, 0.1) is 26.7 Å². The Labute approximate surface area is 236 Å². The van der Waals surface area contributed by atoms with Gasteiger partial charge in [-0.15, -0.1) is 0 Å². The maximum absolute atomic E-state index is 12.5. The fourth-order valence-corrected chi connectivity index (χ4v) is 5.09. The van der Waals surface area contributed by atoms with Gasteiger partial charge in [-0.25, -0.2) is 0 Å². The van der Waals surface area contributed by atoms with Crippen LogP contribution in [0.1, 0.15) is 34.0 Å². The number of hydrogen-bond donors (Lipinski definition) is 1. The van der Waals surface area contributed by atoms with Crippen molar-refractivity contribution in [2.75, 3.05) is 6.61 Å². The predicted octanol–water partition coefficient (Wildman–Crippen LogP) is 6.19. The average molecular weight is 644 g/mol. The lowest BCUT2D eigenvalue weighted by Gasteiger charge is -2.15. The van der Waals surface area contributed by atoms with E-state index >= 15 is 0 Å². The van der Waals surface area contributed by atoms with E-state index in [1.807, 2.05) is 25.1 Å². The van der Waals surface area contributed by atoms with Crippen LogP contribution in [0.2, 0.25) is 5.02 Å². The fourth-order valence-electron chi connectivity index (χ4n) is 3.36. The monoisotopic (exact) mass is 643 g/mol. The molecule has 0 aromatic heterocycles. The van der Waals surface area contributed by atoms with Crippen molar-refractivity contribution < 1.29 is 19.1 Å². The summed E-state index contributed by atoms with van der Waals surface area (Å²) in [5.74, 6) is 0.241. The third-order valence-electron chi connectivity index (χ3n) is 5.08. The number of hydrogen-bond acceptors (Lipinski definition) is 6. The molecule has 3 aromatic carbocycles. The number of carbonyl (C=O) groups is 2. The summed E-state index contributed by atoms with van der Waals surface area (Å²) in [4.78, 5) is 29.4. The van der Waals surface area contributed by atoms with Crippen LogP contribution in [-0.4, -0.2) is 23.6 Å². The van der Waals surface area contributed by atoms with Crippen LogP contribution in [0.5, 0.6) is 11.5 Å². The Balaban J connectivity index is 1.55. The molecule has 1 aliphatic heterocycles. The van der Waals surface area contributed by atoms with Gasteiger partial charge in [-0.2, -0.15) is 10.3 Å². The normalized spacial score (nSPS) is 14.9. The number of halogens is 2. The van der Waals surface area contributed by atoms with Gasteiger partial charge >= 0.3 is 0 Å². The summed E-state index contributed by atoms with van der Waals surface area (Å²) in [5.41, 5.74) is 2.41. The molecule has 0 unspecified atom stereocenters. The molecule has 4 rings (SSSR count). The Hall–Kier alpha value is -3.33. The minimum absolute atomic E-state index is 0.201. The molecule has 186 valence electrons. The Morgan fingerprint density at radius 1 is 1.19 bits per heavy atom. The summed E-state index contributed by atoms with van der Waals surface area (Å²) in [7, 11) is 0. The van der Waals surface area contributed by atoms with Crippen LogP contribution < -0.4 is 14.8 Å². The van der Waals surface area contributed by atoms with Crippen molar-refractivity contribution >= 4 is 69.0 Å². The molecule has 1 saturated heterocycles. The standard InChI is InChI=1S/C27H19ClIN3O4S/c1-2-35-22-12-16(11-21(29)24(22)36-15-19-6-4-3-5-18(19)14-30)13-23-26(34)32-27(37-23)31-25(33)17-7-9-20(28)10-8-17/h3-13H,2,15H2,1H3,(H,31,32,33,34)/b23-13-. The Morgan fingerprint density at radius 2 is 1.95 bits per heavy atom. The molecule has 0 saturated carbocycles.